The fraction of sp³-hybridized carbons (Fsp3) is 0.286. The Bertz CT molecular complexity index is 499. The minimum atomic E-state index is 0.289. The van der Waals surface area contributed by atoms with Crippen molar-refractivity contribution < 1.29 is 4.74 Å². The van der Waals surface area contributed by atoms with Crippen molar-refractivity contribution in [1.82, 2.24) is 0 Å². The zero-order valence-electron chi connectivity index (χ0n) is 10.4. The first-order chi connectivity index (χ1) is 8.74. The molecule has 1 aromatic heterocycles. The van der Waals surface area contributed by atoms with Gasteiger partial charge in [-0.1, -0.05) is 24.6 Å². The van der Waals surface area contributed by atoms with Gasteiger partial charge in [0.05, 0.1) is 18.8 Å². The second kappa shape index (κ2) is 6.12. The fourth-order valence-corrected chi connectivity index (χ4v) is 2.88. The fourth-order valence-electron chi connectivity index (χ4n) is 1.84. The van der Waals surface area contributed by atoms with Crippen molar-refractivity contribution in [3.8, 4) is 5.75 Å². The predicted molar refractivity (Wildman–Crippen MR) is 79.0 cm³/mol. The maximum Gasteiger partial charge on any atom is 0.142 e. The van der Waals surface area contributed by atoms with Crippen molar-refractivity contribution in [2.24, 2.45) is 0 Å². The zero-order chi connectivity index (χ0) is 13.0. The van der Waals surface area contributed by atoms with Gasteiger partial charge in [-0.2, -0.15) is 0 Å². The van der Waals surface area contributed by atoms with Crippen LogP contribution in [0.1, 0.15) is 24.3 Å². The topological polar surface area (TPSA) is 21.3 Å². The maximum atomic E-state index is 6.03. The molecule has 0 radical (unpaired) electrons. The first-order valence-electron chi connectivity index (χ1n) is 5.88. The molecule has 4 heteroatoms. The van der Waals surface area contributed by atoms with Gasteiger partial charge in [0.25, 0.3) is 0 Å². The molecule has 2 aromatic rings. The lowest BCUT2D eigenvalue weighted by atomic mass is 10.1. The van der Waals surface area contributed by atoms with Crippen molar-refractivity contribution in [1.29, 1.82) is 0 Å². The second-order valence-corrected chi connectivity index (χ2v) is 5.38. The van der Waals surface area contributed by atoms with Crippen LogP contribution >= 0.6 is 22.9 Å². The highest BCUT2D eigenvalue weighted by Crippen LogP contribution is 2.33. The van der Waals surface area contributed by atoms with Gasteiger partial charge in [0.1, 0.15) is 5.75 Å². The summed E-state index contributed by atoms with van der Waals surface area (Å²) in [7, 11) is 1.67. The molecule has 18 heavy (non-hydrogen) atoms. The van der Waals surface area contributed by atoms with Crippen molar-refractivity contribution >= 4 is 28.6 Å². The summed E-state index contributed by atoms with van der Waals surface area (Å²) in [5.74, 6) is 0.814. The lowest BCUT2D eigenvalue weighted by molar-refractivity contribution is 0.416. The monoisotopic (exact) mass is 281 g/mol. The van der Waals surface area contributed by atoms with Crippen LogP contribution in [-0.2, 0) is 0 Å². The summed E-state index contributed by atoms with van der Waals surface area (Å²) in [6.45, 7) is 2.16. The number of anilines is 1. The van der Waals surface area contributed by atoms with E-state index in [4.69, 9.17) is 16.3 Å². The first-order valence-corrected chi connectivity index (χ1v) is 7.13. The Morgan fingerprint density at radius 3 is 2.83 bits per heavy atom. The number of rotatable bonds is 5. The van der Waals surface area contributed by atoms with Gasteiger partial charge in [-0.25, -0.2) is 0 Å². The van der Waals surface area contributed by atoms with Crippen molar-refractivity contribution in [2.75, 3.05) is 12.4 Å². The molecule has 1 aromatic carbocycles. The van der Waals surface area contributed by atoms with E-state index in [0.717, 1.165) is 17.9 Å². The van der Waals surface area contributed by atoms with Gasteiger partial charge in [-0.15, -0.1) is 11.3 Å². The van der Waals surface area contributed by atoms with Gasteiger partial charge in [-0.3, -0.25) is 0 Å². The average molecular weight is 282 g/mol. The van der Waals surface area contributed by atoms with Gasteiger partial charge < -0.3 is 10.1 Å². The summed E-state index contributed by atoms with van der Waals surface area (Å²) in [5.41, 5.74) is 0.935. The molecule has 0 amide bonds. The Morgan fingerprint density at radius 1 is 1.39 bits per heavy atom. The van der Waals surface area contributed by atoms with E-state index < -0.39 is 0 Å². The van der Waals surface area contributed by atoms with Crippen LogP contribution in [0.3, 0.4) is 0 Å². The van der Waals surface area contributed by atoms with Gasteiger partial charge in [0.15, 0.2) is 0 Å². The van der Waals surface area contributed by atoms with E-state index in [2.05, 4.69) is 29.8 Å². The highest BCUT2D eigenvalue weighted by atomic mass is 35.5. The molecule has 0 bridgehead atoms. The van der Waals surface area contributed by atoms with Crippen molar-refractivity contribution in [2.45, 2.75) is 19.4 Å². The van der Waals surface area contributed by atoms with Gasteiger partial charge in [0.2, 0.25) is 0 Å². The molecule has 0 fully saturated rings. The van der Waals surface area contributed by atoms with E-state index in [9.17, 15) is 0 Å². The molecule has 1 atom stereocenters. The Balaban J connectivity index is 2.24. The van der Waals surface area contributed by atoms with Gasteiger partial charge in [-0.05, 0) is 36.1 Å². The Morgan fingerprint density at radius 2 is 2.22 bits per heavy atom. The van der Waals surface area contributed by atoms with Crippen molar-refractivity contribution in [3.05, 3.63) is 45.6 Å². The normalized spacial score (nSPS) is 12.2. The van der Waals surface area contributed by atoms with Crippen LogP contribution in [0.4, 0.5) is 5.69 Å². The zero-order valence-corrected chi connectivity index (χ0v) is 12.0. The third-order valence-electron chi connectivity index (χ3n) is 2.79. The molecule has 0 aliphatic rings. The maximum absolute atomic E-state index is 6.03. The van der Waals surface area contributed by atoms with Gasteiger partial charge in [0, 0.05) is 9.90 Å². The molecule has 0 saturated carbocycles. The number of thiophene rings is 1. The second-order valence-electron chi connectivity index (χ2n) is 3.97. The molecule has 0 spiro atoms. The predicted octanol–water partition coefficient (Wildman–Crippen LogP) is 4.97. The molecule has 1 heterocycles. The number of hydrogen-bond acceptors (Lipinski definition) is 3. The van der Waals surface area contributed by atoms with E-state index in [-0.39, 0.29) is 6.04 Å². The van der Waals surface area contributed by atoms with E-state index in [1.165, 1.54) is 4.88 Å². The molecule has 0 aliphatic heterocycles. The molecular weight excluding hydrogens is 266 g/mol. The number of methoxy groups -OCH3 is 1. The van der Waals surface area contributed by atoms with Crippen LogP contribution in [-0.4, -0.2) is 7.11 Å². The highest BCUT2D eigenvalue weighted by molar-refractivity contribution is 7.10. The Labute approximate surface area is 117 Å². The lowest BCUT2D eigenvalue weighted by Gasteiger charge is -2.19. The summed E-state index contributed by atoms with van der Waals surface area (Å²) in [4.78, 5) is 1.32. The van der Waals surface area contributed by atoms with Crippen LogP contribution in [0.5, 0.6) is 5.75 Å². The smallest absolute Gasteiger partial charge is 0.142 e. The lowest BCUT2D eigenvalue weighted by Crippen LogP contribution is -2.09. The number of nitrogens with one attached hydrogen (secondary N) is 1. The summed E-state index contributed by atoms with van der Waals surface area (Å²) >= 11 is 7.79. The Kier molecular flexibility index (Phi) is 4.50. The average Bonchev–Trinajstić information content (AvgIpc) is 2.90. The minimum absolute atomic E-state index is 0.289. The van der Waals surface area contributed by atoms with Crippen LogP contribution in [0, 0.1) is 0 Å². The van der Waals surface area contributed by atoms with Crippen LogP contribution in [0.25, 0.3) is 0 Å². The summed E-state index contributed by atoms with van der Waals surface area (Å²) in [6, 6.07) is 10.1. The summed E-state index contributed by atoms with van der Waals surface area (Å²) in [5, 5.41) is 6.29. The molecular formula is C14H16ClNOS. The van der Waals surface area contributed by atoms with E-state index in [1.807, 2.05) is 18.2 Å². The van der Waals surface area contributed by atoms with E-state index >= 15 is 0 Å². The molecule has 96 valence electrons. The standard InChI is InChI=1S/C14H16ClNOS/c1-3-11(14-5-4-8-18-14)16-12-9-10(15)6-7-13(12)17-2/h4-9,11,16H,3H2,1-2H3. The third kappa shape index (κ3) is 2.98. The molecule has 2 nitrogen and oxygen atoms in total. The molecule has 0 saturated heterocycles. The number of halogens is 1. The third-order valence-corrected chi connectivity index (χ3v) is 4.01. The summed E-state index contributed by atoms with van der Waals surface area (Å²) in [6.07, 6.45) is 1.01. The van der Waals surface area contributed by atoms with Crippen molar-refractivity contribution in [3.63, 3.8) is 0 Å². The first kappa shape index (κ1) is 13.2. The van der Waals surface area contributed by atoms with E-state index in [1.54, 1.807) is 18.4 Å². The SMILES string of the molecule is CCC(Nc1cc(Cl)ccc1OC)c1cccs1. The number of ether oxygens (including phenoxy) is 1. The molecule has 1 N–H and O–H groups in total. The van der Waals surface area contributed by atoms with Crippen LogP contribution in [0.2, 0.25) is 5.02 Å². The molecule has 0 aliphatic carbocycles. The molecule has 2 rings (SSSR count). The Hall–Kier alpha value is -1.19. The molecule has 1 unspecified atom stereocenters. The van der Waals surface area contributed by atoms with Crippen LogP contribution < -0.4 is 10.1 Å². The largest absolute Gasteiger partial charge is 0.495 e. The number of benzene rings is 1. The minimum Gasteiger partial charge on any atom is -0.495 e. The summed E-state index contributed by atoms with van der Waals surface area (Å²) < 4.78 is 5.35. The van der Waals surface area contributed by atoms with Crippen LogP contribution in [0.15, 0.2) is 35.7 Å². The number of hydrogen-bond donors (Lipinski definition) is 1. The van der Waals surface area contributed by atoms with E-state index in [0.29, 0.717) is 5.02 Å². The highest BCUT2D eigenvalue weighted by Gasteiger charge is 2.12. The quantitative estimate of drug-likeness (QED) is 0.835. The van der Waals surface area contributed by atoms with Gasteiger partial charge >= 0.3 is 0 Å².